The van der Waals surface area contributed by atoms with Gasteiger partial charge in [0, 0.05) is 11.6 Å². The van der Waals surface area contributed by atoms with E-state index in [0.717, 1.165) is 5.01 Å². The number of nitrogen functional groups attached to an aromatic ring is 1. The average molecular weight is 224 g/mol. The lowest BCUT2D eigenvalue weighted by molar-refractivity contribution is 0.597. The van der Waals surface area contributed by atoms with Gasteiger partial charge in [-0.25, -0.2) is 10.1 Å². The fourth-order valence-corrected chi connectivity index (χ4v) is 1.91. The maximum Gasteiger partial charge on any atom is 0.244 e. The normalized spacial score (nSPS) is 11.6. The highest BCUT2D eigenvalue weighted by atomic mass is 32.1. The van der Waals surface area contributed by atoms with Gasteiger partial charge in [0.25, 0.3) is 0 Å². The zero-order valence-electron chi connectivity index (χ0n) is 8.48. The SMILES string of the molecule is CC(C)(Nc1n[nH]c(N)n1)c1nccs1. The summed E-state index contributed by atoms with van der Waals surface area (Å²) < 4.78 is 0. The second-order valence-electron chi connectivity index (χ2n) is 3.63. The van der Waals surface area contributed by atoms with Crippen molar-refractivity contribution in [2.24, 2.45) is 0 Å². The lowest BCUT2D eigenvalue weighted by Gasteiger charge is -2.22. The van der Waals surface area contributed by atoms with Gasteiger partial charge in [-0.3, -0.25) is 0 Å². The Bertz CT molecular complexity index is 432. The fraction of sp³-hybridized carbons (Fsp3) is 0.375. The topological polar surface area (TPSA) is 92.5 Å². The van der Waals surface area contributed by atoms with Crippen molar-refractivity contribution in [2.75, 3.05) is 11.1 Å². The number of nitrogens with one attached hydrogen (secondary N) is 2. The number of hydrogen-bond donors (Lipinski definition) is 3. The van der Waals surface area contributed by atoms with Crippen LogP contribution in [0.5, 0.6) is 0 Å². The Labute approximate surface area is 90.9 Å². The number of nitrogens with two attached hydrogens (primary N) is 1. The van der Waals surface area contributed by atoms with Crippen molar-refractivity contribution >= 4 is 23.2 Å². The van der Waals surface area contributed by atoms with E-state index in [1.54, 1.807) is 17.5 Å². The third kappa shape index (κ3) is 2.07. The summed E-state index contributed by atoms with van der Waals surface area (Å²) in [6.07, 6.45) is 1.77. The number of H-pyrrole nitrogens is 1. The van der Waals surface area contributed by atoms with Crippen molar-refractivity contribution in [3.05, 3.63) is 16.6 Å². The maximum absolute atomic E-state index is 5.43. The van der Waals surface area contributed by atoms with E-state index in [2.05, 4.69) is 25.5 Å². The molecule has 2 rings (SSSR count). The Morgan fingerprint density at radius 3 is 2.87 bits per heavy atom. The first-order valence-electron chi connectivity index (χ1n) is 4.44. The maximum atomic E-state index is 5.43. The average Bonchev–Trinajstić information content (AvgIpc) is 2.75. The number of rotatable bonds is 3. The van der Waals surface area contributed by atoms with E-state index in [-0.39, 0.29) is 5.54 Å². The Morgan fingerprint density at radius 2 is 2.33 bits per heavy atom. The summed E-state index contributed by atoms with van der Waals surface area (Å²) in [7, 11) is 0. The van der Waals surface area contributed by atoms with Gasteiger partial charge < -0.3 is 11.1 Å². The van der Waals surface area contributed by atoms with E-state index in [1.807, 2.05) is 19.2 Å². The molecule has 15 heavy (non-hydrogen) atoms. The summed E-state index contributed by atoms with van der Waals surface area (Å²) in [5, 5.41) is 12.6. The van der Waals surface area contributed by atoms with Gasteiger partial charge in [0.05, 0.1) is 5.54 Å². The Balaban J connectivity index is 2.18. The molecule has 2 aromatic rings. The van der Waals surface area contributed by atoms with E-state index in [4.69, 9.17) is 5.73 Å². The van der Waals surface area contributed by atoms with Crippen molar-refractivity contribution in [2.45, 2.75) is 19.4 Å². The van der Waals surface area contributed by atoms with E-state index in [1.165, 1.54) is 0 Å². The van der Waals surface area contributed by atoms with E-state index >= 15 is 0 Å². The number of nitrogens with zero attached hydrogens (tertiary/aromatic N) is 3. The molecule has 2 aromatic heterocycles. The number of thiazole rings is 1. The molecule has 0 unspecified atom stereocenters. The zero-order chi connectivity index (χ0) is 10.9. The molecule has 0 atom stereocenters. The zero-order valence-corrected chi connectivity index (χ0v) is 9.30. The summed E-state index contributed by atoms with van der Waals surface area (Å²) >= 11 is 1.59. The monoisotopic (exact) mass is 224 g/mol. The predicted molar refractivity (Wildman–Crippen MR) is 59.6 cm³/mol. The molecule has 0 bridgehead atoms. The first kappa shape index (κ1) is 9.91. The Morgan fingerprint density at radius 1 is 1.53 bits per heavy atom. The first-order chi connectivity index (χ1) is 7.08. The molecular formula is C8H12N6S. The highest BCUT2D eigenvalue weighted by Gasteiger charge is 2.24. The molecule has 0 spiro atoms. The quantitative estimate of drug-likeness (QED) is 0.728. The first-order valence-corrected chi connectivity index (χ1v) is 5.32. The molecule has 0 saturated heterocycles. The number of aromatic amines is 1. The third-order valence-electron chi connectivity index (χ3n) is 1.89. The summed E-state index contributed by atoms with van der Waals surface area (Å²) in [5.41, 5.74) is 5.13. The summed E-state index contributed by atoms with van der Waals surface area (Å²) in [6, 6.07) is 0. The second kappa shape index (κ2) is 3.50. The smallest absolute Gasteiger partial charge is 0.244 e. The van der Waals surface area contributed by atoms with E-state index in [0.29, 0.717) is 11.9 Å². The van der Waals surface area contributed by atoms with Crippen LogP contribution in [-0.2, 0) is 5.54 Å². The van der Waals surface area contributed by atoms with Gasteiger partial charge in [0.1, 0.15) is 5.01 Å². The summed E-state index contributed by atoms with van der Waals surface area (Å²) in [4.78, 5) is 8.23. The number of hydrogen-bond acceptors (Lipinski definition) is 6. The van der Waals surface area contributed by atoms with Crippen LogP contribution in [0.25, 0.3) is 0 Å². The van der Waals surface area contributed by atoms with Crippen LogP contribution in [0.1, 0.15) is 18.9 Å². The standard InChI is InChI=1S/C8H12N6S/c1-8(2,5-10-3-4-15-5)12-7-11-6(9)13-14-7/h3-4H,1-2H3,(H4,9,11,12,13,14). The van der Waals surface area contributed by atoms with Crippen LogP contribution in [-0.4, -0.2) is 20.2 Å². The minimum Gasteiger partial charge on any atom is -0.368 e. The fourth-order valence-electron chi connectivity index (χ4n) is 1.20. The van der Waals surface area contributed by atoms with Crippen LogP contribution in [0.4, 0.5) is 11.9 Å². The number of aromatic nitrogens is 4. The predicted octanol–water partition coefficient (Wildman–Crippen LogP) is 1.19. The lowest BCUT2D eigenvalue weighted by Crippen LogP contribution is -2.28. The van der Waals surface area contributed by atoms with Crippen LogP contribution in [0.15, 0.2) is 11.6 Å². The molecule has 2 heterocycles. The number of anilines is 2. The van der Waals surface area contributed by atoms with Gasteiger partial charge >= 0.3 is 0 Å². The van der Waals surface area contributed by atoms with Crippen LogP contribution in [0.2, 0.25) is 0 Å². The Hall–Kier alpha value is -1.63. The van der Waals surface area contributed by atoms with Crippen molar-refractivity contribution in [3.8, 4) is 0 Å². The van der Waals surface area contributed by atoms with Gasteiger partial charge in [-0.2, -0.15) is 4.98 Å². The lowest BCUT2D eigenvalue weighted by atomic mass is 10.1. The minimum absolute atomic E-state index is 0.299. The van der Waals surface area contributed by atoms with Crippen molar-refractivity contribution in [1.29, 1.82) is 0 Å². The van der Waals surface area contributed by atoms with Crippen LogP contribution < -0.4 is 11.1 Å². The van der Waals surface area contributed by atoms with Crippen LogP contribution in [0.3, 0.4) is 0 Å². The molecule has 0 fully saturated rings. The second-order valence-corrected chi connectivity index (χ2v) is 4.53. The van der Waals surface area contributed by atoms with Gasteiger partial charge in [0.15, 0.2) is 0 Å². The molecule has 0 radical (unpaired) electrons. The molecule has 6 nitrogen and oxygen atoms in total. The highest BCUT2D eigenvalue weighted by Crippen LogP contribution is 2.25. The van der Waals surface area contributed by atoms with Crippen LogP contribution in [0, 0.1) is 0 Å². The van der Waals surface area contributed by atoms with Gasteiger partial charge in [0.2, 0.25) is 11.9 Å². The van der Waals surface area contributed by atoms with Crippen LogP contribution >= 0.6 is 11.3 Å². The minimum atomic E-state index is -0.303. The molecule has 0 aliphatic rings. The van der Waals surface area contributed by atoms with Crippen molar-refractivity contribution < 1.29 is 0 Å². The highest BCUT2D eigenvalue weighted by molar-refractivity contribution is 7.09. The summed E-state index contributed by atoms with van der Waals surface area (Å²) in [6.45, 7) is 4.02. The van der Waals surface area contributed by atoms with Crippen molar-refractivity contribution in [1.82, 2.24) is 20.2 Å². The molecular weight excluding hydrogens is 212 g/mol. The van der Waals surface area contributed by atoms with Gasteiger partial charge in [-0.05, 0) is 13.8 Å². The van der Waals surface area contributed by atoms with Crippen molar-refractivity contribution in [3.63, 3.8) is 0 Å². The molecule has 7 heteroatoms. The largest absolute Gasteiger partial charge is 0.368 e. The van der Waals surface area contributed by atoms with Gasteiger partial charge in [-0.15, -0.1) is 16.4 Å². The third-order valence-corrected chi connectivity index (χ3v) is 2.99. The molecule has 80 valence electrons. The molecule has 0 saturated carbocycles. The molecule has 0 aliphatic heterocycles. The van der Waals surface area contributed by atoms with E-state index < -0.39 is 0 Å². The molecule has 0 aliphatic carbocycles. The molecule has 0 aromatic carbocycles. The van der Waals surface area contributed by atoms with E-state index in [9.17, 15) is 0 Å². The molecule has 4 N–H and O–H groups in total. The molecule has 0 amide bonds. The Kier molecular flexibility index (Phi) is 2.31. The summed E-state index contributed by atoms with van der Waals surface area (Å²) in [5.74, 6) is 0.778. The van der Waals surface area contributed by atoms with Gasteiger partial charge in [-0.1, -0.05) is 0 Å².